The van der Waals surface area contributed by atoms with Crippen LogP contribution in [0, 0.1) is 5.82 Å². The van der Waals surface area contributed by atoms with Gasteiger partial charge < -0.3 is 9.78 Å². The summed E-state index contributed by atoms with van der Waals surface area (Å²) in [4.78, 5) is 31.6. The molecule has 0 aliphatic carbocycles. The first-order valence-electron chi connectivity index (χ1n) is 11.3. The standard InChI is InChI=1S/C28H27FN2O2/c1-19(32)5-2-6-20-7-3-9-23(15-20)27(33)10-4-8-21-16-24-17-26(31-28(24)30-18-21)22-11-13-25(29)14-12-22/h3,7,9,11-18H,2,4-6,8,10H2,1H3,(H,30,31). The number of fused-ring (bicyclic) bond motifs is 1. The smallest absolute Gasteiger partial charge is 0.162 e. The van der Waals surface area contributed by atoms with Crippen molar-refractivity contribution < 1.29 is 14.0 Å². The summed E-state index contributed by atoms with van der Waals surface area (Å²) in [6.07, 6.45) is 6.02. The summed E-state index contributed by atoms with van der Waals surface area (Å²) in [7, 11) is 0. The Hall–Kier alpha value is -3.60. The summed E-state index contributed by atoms with van der Waals surface area (Å²) in [6.45, 7) is 1.60. The number of H-pyrrole nitrogens is 1. The zero-order valence-corrected chi connectivity index (χ0v) is 18.7. The Bertz CT molecular complexity index is 1270. The fourth-order valence-corrected chi connectivity index (χ4v) is 4.02. The molecule has 4 rings (SSSR count). The van der Waals surface area contributed by atoms with Gasteiger partial charge in [0.15, 0.2) is 5.78 Å². The summed E-state index contributed by atoms with van der Waals surface area (Å²) in [5.74, 6) is 0.0726. The molecule has 0 fully saturated rings. The Balaban J connectivity index is 1.34. The highest BCUT2D eigenvalue weighted by Gasteiger charge is 2.09. The normalized spacial score (nSPS) is 11.1. The van der Waals surface area contributed by atoms with Gasteiger partial charge >= 0.3 is 0 Å². The molecule has 168 valence electrons. The summed E-state index contributed by atoms with van der Waals surface area (Å²) < 4.78 is 13.2. The number of aryl methyl sites for hydroxylation is 2. The number of carbonyl (C=O) groups excluding carboxylic acids is 2. The molecule has 2 heterocycles. The number of rotatable bonds is 10. The number of pyridine rings is 1. The Kier molecular flexibility index (Phi) is 7.08. The summed E-state index contributed by atoms with van der Waals surface area (Å²) in [5.41, 5.74) is 5.51. The van der Waals surface area contributed by atoms with Crippen molar-refractivity contribution in [3.8, 4) is 11.3 Å². The summed E-state index contributed by atoms with van der Waals surface area (Å²) in [5, 5.41) is 0.997. The number of nitrogens with zero attached hydrogens (tertiary/aromatic N) is 1. The van der Waals surface area contributed by atoms with E-state index in [0.29, 0.717) is 12.8 Å². The number of halogens is 1. The van der Waals surface area contributed by atoms with E-state index in [-0.39, 0.29) is 17.4 Å². The predicted octanol–water partition coefficient (Wildman–Crippen LogP) is 6.49. The van der Waals surface area contributed by atoms with Crippen LogP contribution < -0.4 is 0 Å². The number of ketones is 2. The lowest BCUT2D eigenvalue weighted by Crippen LogP contribution is -2.01. The van der Waals surface area contributed by atoms with E-state index in [2.05, 4.69) is 16.0 Å². The molecule has 1 N–H and O–H groups in total. The third-order valence-corrected chi connectivity index (χ3v) is 5.79. The van der Waals surface area contributed by atoms with Gasteiger partial charge in [-0.1, -0.05) is 18.2 Å². The lowest BCUT2D eigenvalue weighted by Gasteiger charge is -2.05. The minimum atomic E-state index is -0.260. The van der Waals surface area contributed by atoms with E-state index in [1.54, 1.807) is 19.1 Å². The first-order chi connectivity index (χ1) is 16.0. The van der Waals surface area contributed by atoms with Crippen LogP contribution >= 0.6 is 0 Å². The number of aromatic nitrogens is 2. The summed E-state index contributed by atoms with van der Waals surface area (Å²) in [6, 6.07) is 18.2. The van der Waals surface area contributed by atoms with Crippen molar-refractivity contribution in [3.05, 3.63) is 89.4 Å². The maximum absolute atomic E-state index is 13.2. The van der Waals surface area contributed by atoms with E-state index in [1.807, 2.05) is 36.5 Å². The first-order valence-corrected chi connectivity index (χ1v) is 11.3. The second-order valence-corrected chi connectivity index (χ2v) is 8.50. The van der Waals surface area contributed by atoms with E-state index >= 15 is 0 Å². The molecule has 33 heavy (non-hydrogen) atoms. The van der Waals surface area contributed by atoms with Crippen molar-refractivity contribution in [2.24, 2.45) is 0 Å². The van der Waals surface area contributed by atoms with Gasteiger partial charge in [-0.15, -0.1) is 0 Å². The van der Waals surface area contributed by atoms with E-state index < -0.39 is 0 Å². The second-order valence-electron chi connectivity index (χ2n) is 8.50. The minimum absolute atomic E-state index is 0.137. The van der Waals surface area contributed by atoms with Crippen molar-refractivity contribution in [3.63, 3.8) is 0 Å². The van der Waals surface area contributed by atoms with E-state index in [4.69, 9.17) is 0 Å². The van der Waals surface area contributed by atoms with Crippen LogP contribution in [0.2, 0.25) is 0 Å². The van der Waals surface area contributed by atoms with Gasteiger partial charge in [0.1, 0.15) is 17.2 Å². The van der Waals surface area contributed by atoms with Gasteiger partial charge in [-0.05, 0) is 91.8 Å². The molecule has 0 saturated carbocycles. The topological polar surface area (TPSA) is 62.8 Å². The van der Waals surface area contributed by atoms with Gasteiger partial charge in [-0.3, -0.25) is 4.79 Å². The highest BCUT2D eigenvalue weighted by molar-refractivity contribution is 5.96. The number of aromatic amines is 1. The van der Waals surface area contributed by atoms with Crippen LogP contribution in [0.1, 0.15) is 54.1 Å². The molecule has 2 aromatic carbocycles. The SMILES string of the molecule is CC(=O)CCCc1cccc(C(=O)CCCc2cnc3[nH]c(-c4ccc(F)cc4)cc3c2)c1. The first kappa shape index (κ1) is 22.6. The van der Waals surface area contributed by atoms with Crippen LogP contribution in [0.15, 0.2) is 66.9 Å². The van der Waals surface area contributed by atoms with E-state index in [9.17, 15) is 14.0 Å². The van der Waals surface area contributed by atoms with Crippen LogP contribution in [-0.4, -0.2) is 21.5 Å². The zero-order chi connectivity index (χ0) is 23.2. The lowest BCUT2D eigenvalue weighted by molar-refractivity contribution is -0.117. The molecule has 0 saturated heterocycles. The summed E-state index contributed by atoms with van der Waals surface area (Å²) >= 11 is 0. The molecule has 4 nitrogen and oxygen atoms in total. The van der Waals surface area contributed by atoms with Crippen molar-refractivity contribution in [1.29, 1.82) is 0 Å². The molecule has 0 amide bonds. The van der Waals surface area contributed by atoms with Crippen molar-refractivity contribution in [1.82, 2.24) is 9.97 Å². The van der Waals surface area contributed by atoms with Gasteiger partial charge in [0.2, 0.25) is 0 Å². The number of Topliss-reactive ketones (excluding diaryl/α,β-unsaturated/α-hetero) is 2. The largest absolute Gasteiger partial charge is 0.339 e. The third-order valence-electron chi connectivity index (χ3n) is 5.79. The maximum atomic E-state index is 13.2. The Morgan fingerprint density at radius 1 is 0.909 bits per heavy atom. The molecular formula is C28H27FN2O2. The molecule has 0 radical (unpaired) electrons. The minimum Gasteiger partial charge on any atom is -0.339 e. The zero-order valence-electron chi connectivity index (χ0n) is 18.7. The van der Waals surface area contributed by atoms with Crippen molar-refractivity contribution in [2.45, 2.75) is 45.4 Å². The van der Waals surface area contributed by atoms with Crippen LogP contribution in [0.3, 0.4) is 0 Å². The quantitative estimate of drug-likeness (QED) is 0.286. The van der Waals surface area contributed by atoms with Gasteiger partial charge in [0, 0.05) is 35.7 Å². The predicted molar refractivity (Wildman–Crippen MR) is 129 cm³/mol. The third kappa shape index (κ3) is 6.01. The van der Waals surface area contributed by atoms with Gasteiger partial charge in [0.05, 0.1) is 0 Å². The molecule has 4 aromatic rings. The Morgan fingerprint density at radius 3 is 2.45 bits per heavy atom. The lowest BCUT2D eigenvalue weighted by atomic mass is 9.99. The molecule has 0 bridgehead atoms. The molecule has 0 spiro atoms. The highest BCUT2D eigenvalue weighted by Crippen LogP contribution is 2.24. The molecule has 0 aliphatic heterocycles. The van der Waals surface area contributed by atoms with E-state index in [1.165, 1.54) is 12.1 Å². The van der Waals surface area contributed by atoms with Crippen molar-refractivity contribution in [2.75, 3.05) is 0 Å². The Labute approximate surface area is 192 Å². The maximum Gasteiger partial charge on any atom is 0.162 e. The molecule has 0 unspecified atom stereocenters. The number of benzene rings is 2. The van der Waals surface area contributed by atoms with E-state index in [0.717, 1.165) is 64.7 Å². The second kappa shape index (κ2) is 10.3. The fraction of sp³-hybridized carbons (Fsp3) is 0.250. The molecule has 2 aromatic heterocycles. The fourth-order valence-electron chi connectivity index (χ4n) is 4.02. The number of hydrogen-bond acceptors (Lipinski definition) is 3. The highest BCUT2D eigenvalue weighted by atomic mass is 19.1. The average Bonchev–Trinajstić information content (AvgIpc) is 3.23. The van der Waals surface area contributed by atoms with Crippen LogP contribution in [0.5, 0.6) is 0 Å². The van der Waals surface area contributed by atoms with Gasteiger partial charge in [-0.25, -0.2) is 9.37 Å². The Morgan fingerprint density at radius 2 is 1.67 bits per heavy atom. The van der Waals surface area contributed by atoms with Crippen molar-refractivity contribution >= 4 is 22.6 Å². The van der Waals surface area contributed by atoms with Gasteiger partial charge in [-0.2, -0.15) is 0 Å². The molecular weight excluding hydrogens is 415 g/mol. The van der Waals surface area contributed by atoms with Crippen LogP contribution in [0.4, 0.5) is 4.39 Å². The molecule has 0 atom stereocenters. The average molecular weight is 443 g/mol. The molecule has 0 aliphatic rings. The van der Waals surface area contributed by atoms with Crippen LogP contribution in [0.25, 0.3) is 22.3 Å². The number of hydrogen-bond donors (Lipinski definition) is 1. The molecule has 5 heteroatoms. The number of nitrogens with one attached hydrogen (secondary N) is 1. The monoisotopic (exact) mass is 442 g/mol. The van der Waals surface area contributed by atoms with Crippen LogP contribution in [-0.2, 0) is 17.6 Å². The van der Waals surface area contributed by atoms with Gasteiger partial charge in [0.25, 0.3) is 0 Å². The number of carbonyl (C=O) groups is 2.